The van der Waals surface area contributed by atoms with Crippen molar-refractivity contribution in [2.24, 2.45) is 0 Å². The summed E-state index contributed by atoms with van der Waals surface area (Å²) in [4.78, 5) is 2.34. The van der Waals surface area contributed by atoms with Gasteiger partial charge in [0.25, 0.3) is 0 Å². The Morgan fingerprint density at radius 3 is 2.26 bits per heavy atom. The zero-order valence-corrected chi connectivity index (χ0v) is 12.5. The Kier molecular flexibility index (Phi) is 8.47. The molecule has 0 saturated carbocycles. The molecule has 1 rings (SSSR count). The minimum absolute atomic E-state index is 0.0416. The first-order valence-corrected chi connectivity index (χ1v) is 7.22. The molecule has 0 bridgehead atoms. The second-order valence-electron chi connectivity index (χ2n) is 4.71. The molecule has 0 aliphatic carbocycles. The average molecular weight is 265 g/mol. The van der Waals surface area contributed by atoms with Crippen molar-refractivity contribution < 1.29 is 9.47 Å². The summed E-state index contributed by atoms with van der Waals surface area (Å²) in [6, 6.07) is 10.6. The molecule has 0 atom stereocenters. The Bertz CT molecular complexity index is 310. The number of nitrogens with zero attached hydrogens (tertiary/aromatic N) is 1. The van der Waals surface area contributed by atoms with Gasteiger partial charge in [0.15, 0.2) is 6.29 Å². The molecule has 108 valence electrons. The minimum atomic E-state index is -0.0416. The first kappa shape index (κ1) is 16.2. The van der Waals surface area contributed by atoms with Gasteiger partial charge in [-0.3, -0.25) is 0 Å². The lowest BCUT2D eigenvalue weighted by atomic mass is 10.2. The summed E-state index contributed by atoms with van der Waals surface area (Å²) in [6.07, 6.45) is 2.01. The van der Waals surface area contributed by atoms with Gasteiger partial charge >= 0.3 is 0 Å². The maximum absolute atomic E-state index is 5.54. The van der Waals surface area contributed by atoms with E-state index in [0.717, 1.165) is 25.9 Å². The van der Waals surface area contributed by atoms with Crippen molar-refractivity contribution in [3.63, 3.8) is 0 Å². The van der Waals surface area contributed by atoms with Crippen LogP contribution in [0.15, 0.2) is 30.3 Å². The zero-order chi connectivity index (χ0) is 13.9. The molecule has 0 spiro atoms. The summed E-state index contributed by atoms with van der Waals surface area (Å²) in [5.74, 6) is 0. The molecule has 1 aromatic carbocycles. The normalized spacial score (nSPS) is 11.4. The zero-order valence-electron chi connectivity index (χ0n) is 12.5. The highest BCUT2D eigenvalue weighted by molar-refractivity contribution is 5.14. The summed E-state index contributed by atoms with van der Waals surface area (Å²) in [5.41, 5.74) is 1.36. The van der Waals surface area contributed by atoms with Crippen molar-refractivity contribution in [1.82, 2.24) is 4.90 Å². The Morgan fingerprint density at radius 1 is 1.05 bits per heavy atom. The number of benzene rings is 1. The molecule has 0 fully saturated rings. The predicted octanol–water partition coefficient (Wildman–Crippen LogP) is 3.30. The van der Waals surface area contributed by atoms with E-state index in [1.807, 2.05) is 13.8 Å². The Morgan fingerprint density at radius 2 is 1.68 bits per heavy atom. The van der Waals surface area contributed by atoms with Crippen molar-refractivity contribution in [3.05, 3.63) is 35.9 Å². The quantitative estimate of drug-likeness (QED) is 0.606. The van der Waals surface area contributed by atoms with Gasteiger partial charge in [0.1, 0.15) is 0 Å². The molecular formula is C16H27NO2. The Balaban J connectivity index is 2.20. The van der Waals surface area contributed by atoms with E-state index in [4.69, 9.17) is 9.47 Å². The number of rotatable bonds is 10. The molecule has 19 heavy (non-hydrogen) atoms. The lowest BCUT2D eigenvalue weighted by molar-refractivity contribution is -0.140. The molecule has 0 aromatic heterocycles. The molecule has 3 nitrogen and oxygen atoms in total. The molecular weight excluding hydrogens is 238 g/mol. The van der Waals surface area contributed by atoms with E-state index in [-0.39, 0.29) is 6.29 Å². The van der Waals surface area contributed by atoms with E-state index in [2.05, 4.69) is 42.3 Å². The fourth-order valence-corrected chi connectivity index (χ4v) is 2.09. The van der Waals surface area contributed by atoms with E-state index in [1.54, 1.807) is 0 Å². The smallest absolute Gasteiger partial charge is 0.157 e. The summed E-state index contributed by atoms with van der Waals surface area (Å²) < 4.78 is 11.1. The van der Waals surface area contributed by atoms with Gasteiger partial charge in [0.2, 0.25) is 0 Å². The third-order valence-corrected chi connectivity index (χ3v) is 2.98. The maximum atomic E-state index is 5.54. The van der Waals surface area contributed by atoms with Crippen LogP contribution in [-0.4, -0.2) is 38.0 Å². The lowest BCUT2D eigenvalue weighted by Crippen LogP contribution is -2.22. The molecule has 0 unspecified atom stereocenters. The fourth-order valence-electron chi connectivity index (χ4n) is 2.09. The first-order chi connectivity index (χ1) is 9.26. The van der Waals surface area contributed by atoms with Gasteiger partial charge in [-0.05, 0) is 45.8 Å². The van der Waals surface area contributed by atoms with E-state index < -0.39 is 0 Å². The van der Waals surface area contributed by atoms with Gasteiger partial charge in [-0.1, -0.05) is 30.3 Å². The second kappa shape index (κ2) is 9.96. The van der Waals surface area contributed by atoms with Crippen LogP contribution >= 0.6 is 0 Å². The highest BCUT2D eigenvalue weighted by atomic mass is 16.7. The Hall–Kier alpha value is -0.900. The predicted molar refractivity (Wildman–Crippen MR) is 79.1 cm³/mol. The average Bonchev–Trinajstić information content (AvgIpc) is 2.40. The molecule has 0 aliphatic rings. The summed E-state index contributed by atoms with van der Waals surface area (Å²) >= 11 is 0. The molecule has 0 saturated heterocycles. The van der Waals surface area contributed by atoms with Gasteiger partial charge in [-0.2, -0.15) is 0 Å². The second-order valence-corrected chi connectivity index (χ2v) is 4.71. The van der Waals surface area contributed by atoms with Crippen LogP contribution < -0.4 is 0 Å². The van der Waals surface area contributed by atoms with Crippen molar-refractivity contribution in [3.8, 4) is 0 Å². The third kappa shape index (κ3) is 7.31. The van der Waals surface area contributed by atoms with Gasteiger partial charge in [0.05, 0.1) is 0 Å². The molecule has 0 N–H and O–H groups in total. The van der Waals surface area contributed by atoms with E-state index in [9.17, 15) is 0 Å². The van der Waals surface area contributed by atoms with Crippen LogP contribution in [0.4, 0.5) is 0 Å². The van der Waals surface area contributed by atoms with Crippen molar-refractivity contribution >= 4 is 0 Å². The van der Waals surface area contributed by atoms with Crippen molar-refractivity contribution in [1.29, 1.82) is 0 Å². The van der Waals surface area contributed by atoms with Gasteiger partial charge in [0, 0.05) is 19.8 Å². The lowest BCUT2D eigenvalue weighted by Gasteiger charge is -2.20. The van der Waals surface area contributed by atoms with Gasteiger partial charge < -0.3 is 14.4 Å². The van der Waals surface area contributed by atoms with E-state index >= 15 is 0 Å². The van der Waals surface area contributed by atoms with Crippen LogP contribution in [0, 0.1) is 0 Å². The number of hydrogen-bond acceptors (Lipinski definition) is 3. The number of hydrogen-bond donors (Lipinski definition) is 0. The summed E-state index contributed by atoms with van der Waals surface area (Å²) in [5, 5.41) is 0. The molecule has 1 aromatic rings. The largest absolute Gasteiger partial charge is 0.353 e. The molecule has 3 heteroatoms. The van der Waals surface area contributed by atoms with Gasteiger partial charge in [-0.15, -0.1) is 0 Å². The van der Waals surface area contributed by atoms with Crippen LogP contribution in [0.25, 0.3) is 0 Å². The van der Waals surface area contributed by atoms with Crippen molar-refractivity contribution in [2.45, 2.75) is 39.5 Å². The molecule has 0 heterocycles. The minimum Gasteiger partial charge on any atom is -0.353 e. The third-order valence-electron chi connectivity index (χ3n) is 2.98. The SMILES string of the molecule is CCOC(CCCN(C)Cc1ccccc1)OCC. The van der Waals surface area contributed by atoms with Crippen LogP contribution in [0.3, 0.4) is 0 Å². The molecule has 0 amide bonds. The standard InChI is InChI=1S/C16H27NO2/c1-4-18-16(19-5-2)12-9-13-17(3)14-15-10-7-6-8-11-15/h6-8,10-11,16H,4-5,9,12-14H2,1-3H3. The molecule has 0 aliphatic heterocycles. The van der Waals surface area contributed by atoms with Crippen molar-refractivity contribution in [2.75, 3.05) is 26.8 Å². The topological polar surface area (TPSA) is 21.7 Å². The van der Waals surface area contributed by atoms with Gasteiger partial charge in [-0.25, -0.2) is 0 Å². The van der Waals surface area contributed by atoms with Crippen LogP contribution in [-0.2, 0) is 16.0 Å². The highest BCUT2D eigenvalue weighted by Gasteiger charge is 2.08. The monoisotopic (exact) mass is 265 g/mol. The first-order valence-electron chi connectivity index (χ1n) is 7.22. The van der Waals surface area contributed by atoms with Crippen LogP contribution in [0.1, 0.15) is 32.3 Å². The van der Waals surface area contributed by atoms with E-state index in [1.165, 1.54) is 5.56 Å². The summed E-state index contributed by atoms with van der Waals surface area (Å²) in [6.45, 7) is 7.50. The molecule has 0 radical (unpaired) electrons. The maximum Gasteiger partial charge on any atom is 0.157 e. The highest BCUT2D eigenvalue weighted by Crippen LogP contribution is 2.07. The van der Waals surface area contributed by atoms with Crippen LogP contribution in [0.5, 0.6) is 0 Å². The fraction of sp³-hybridized carbons (Fsp3) is 0.625. The van der Waals surface area contributed by atoms with Crippen LogP contribution in [0.2, 0.25) is 0 Å². The Labute approximate surface area is 117 Å². The summed E-state index contributed by atoms with van der Waals surface area (Å²) in [7, 11) is 2.16. The van der Waals surface area contributed by atoms with E-state index in [0.29, 0.717) is 13.2 Å². The number of ether oxygens (including phenoxy) is 2.